The van der Waals surface area contributed by atoms with Crippen LogP contribution < -0.4 is 5.73 Å². The summed E-state index contributed by atoms with van der Waals surface area (Å²) in [5, 5.41) is 0. The highest BCUT2D eigenvalue weighted by Gasteiger charge is 2.24. The lowest BCUT2D eigenvalue weighted by molar-refractivity contribution is -0.0226. The average molecular weight is 313 g/mol. The highest BCUT2D eigenvalue weighted by atomic mass is 79.9. The standard InChI is InChI=1S/C13H17BrN2O2/c1-2-10-8-16(5-6-18-10)13(17)9-3-4-11(14)12(15)7-9/h3-4,7,10H,2,5-6,8,15H2,1H3. The molecule has 1 unspecified atom stereocenters. The normalized spacial score (nSPS) is 19.9. The lowest BCUT2D eigenvalue weighted by Crippen LogP contribution is -2.45. The predicted molar refractivity (Wildman–Crippen MR) is 74.5 cm³/mol. The van der Waals surface area contributed by atoms with Crippen LogP contribution in [0.15, 0.2) is 22.7 Å². The van der Waals surface area contributed by atoms with E-state index in [1.807, 2.05) is 4.90 Å². The number of nitrogens with two attached hydrogens (primary N) is 1. The molecular weight excluding hydrogens is 296 g/mol. The number of rotatable bonds is 2. The van der Waals surface area contributed by atoms with Gasteiger partial charge in [-0.2, -0.15) is 0 Å². The highest BCUT2D eigenvalue weighted by molar-refractivity contribution is 9.10. The Balaban J connectivity index is 2.12. The molecule has 1 heterocycles. The van der Waals surface area contributed by atoms with Crippen LogP contribution in [-0.2, 0) is 4.74 Å². The number of anilines is 1. The summed E-state index contributed by atoms with van der Waals surface area (Å²) in [4.78, 5) is 14.2. The maximum Gasteiger partial charge on any atom is 0.254 e. The molecule has 0 aromatic heterocycles. The van der Waals surface area contributed by atoms with Crippen molar-refractivity contribution in [3.63, 3.8) is 0 Å². The molecule has 1 atom stereocenters. The minimum absolute atomic E-state index is 0.0240. The predicted octanol–water partition coefficient (Wildman–Crippen LogP) is 2.28. The zero-order valence-corrected chi connectivity index (χ0v) is 11.9. The van der Waals surface area contributed by atoms with Gasteiger partial charge in [0.15, 0.2) is 0 Å². The first-order chi connectivity index (χ1) is 8.61. The Bertz CT molecular complexity index is 451. The molecule has 1 aromatic rings. The van der Waals surface area contributed by atoms with Gasteiger partial charge in [0.05, 0.1) is 12.7 Å². The molecule has 0 aliphatic carbocycles. The first-order valence-electron chi connectivity index (χ1n) is 6.07. The van der Waals surface area contributed by atoms with Crippen LogP contribution in [-0.4, -0.2) is 36.6 Å². The summed E-state index contributed by atoms with van der Waals surface area (Å²) in [6, 6.07) is 5.31. The van der Waals surface area contributed by atoms with Gasteiger partial charge in [0, 0.05) is 28.8 Å². The Labute approximate surface area is 115 Å². The smallest absolute Gasteiger partial charge is 0.254 e. The first-order valence-corrected chi connectivity index (χ1v) is 6.87. The second kappa shape index (κ2) is 5.71. The molecule has 1 aromatic carbocycles. The van der Waals surface area contributed by atoms with Gasteiger partial charge >= 0.3 is 0 Å². The molecule has 0 bridgehead atoms. The number of ether oxygens (including phenoxy) is 1. The molecule has 2 rings (SSSR count). The van der Waals surface area contributed by atoms with Crippen molar-refractivity contribution in [2.24, 2.45) is 0 Å². The quantitative estimate of drug-likeness (QED) is 0.852. The molecule has 0 saturated carbocycles. The van der Waals surface area contributed by atoms with E-state index in [0.717, 1.165) is 10.9 Å². The third-order valence-corrected chi connectivity index (χ3v) is 3.85. The van der Waals surface area contributed by atoms with E-state index in [2.05, 4.69) is 22.9 Å². The number of amides is 1. The van der Waals surface area contributed by atoms with Crippen LogP contribution in [0.4, 0.5) is 5.69 Å². The van der Waals surface area contributed by atoms with Gasteiger partial charge in [-0.1, -0.05) is 6.92 Å². The SMILES string of the molecule is CCC1CN(C(=O)c2ccc(Br)c(N)c2)CCO1. The fourth-order valence-electron chi connectivity index (χ4n) is 2.01. The number of nitrogens with zero attached hydrogens (tertiary/aromatic N) is 1. The Morgan fingerprint density at radius 2 is 2.39 bits per heavy atom. The number of hydrogen-bond acceptors (Lipinski definition) is 3. The van der Waals surface area contributed by atoms with Crippen molar-refractivity contribution in [1.82, 2.24) is 4.90 Å². The summed E-state index contributed by atoms with van der Waals surface area (Å²) in [5.74, 6) is 0.0240. The largest absolute Gasteiger partial charge is 0.398 e. The molecule has 18 heavy (non-hydrogen) atoms. The van der Waals surface area contributed by atoms with E-state index in [1.54, 1.807) is 18.2 Å². The van der Waals surface area contributed by atoms with Gasteiger partial charge in [-0.3, -0.25) is 4.79 Å². The zero-order chi connectivity index (χ0) is 13.1. The maximum atomic E-state index is 12.3. The van der Waals surface area contributed by atoms with E-state index < -0.39 is 0 Å². The molecule has 1 saturated heterocycles. The molecule has 1 aliphatic heterocycles. The third-order valence-electron chi connectivity index (χ3n) is 3.12. The summed E-state index contributed by atoms with van der Waals surface area (Å²) in [7, 11) is 0. The minimum atomic E-state index is 0.0240. The van der Waals surface area contributed by atoms with Crippen molar-refractivity contribution >= 4 is 27.5 Å². The van der Waals surface area contributed by atoms with Crippen molar-refractivity contribution < 1.29 is 9.53 Å². The van der Waals surface area contributed by atoms with Crippen LogP contribution in [0.3, 0.4) is 0 Å². The van der Waals surface area contributed by atoms with Crippen molar-refractivity contribution in [1.29, 1.82) is 0 Å². The fraction of sp³-hybridized carbons (Fsp3) is 0.462. The molecule has 1 fully saturated rings. The molecular formula is C13H17BrN2O2. The molecule has 2 N–H and O–H groups in total. The average Bonchev–Trinajstić information content (AvgIpc) is 2.41. The Kier molecular flexibility index (Phi) is 4.24. The van der Waals surface area contributed by atoms with Crippen molar-refractivity contribution in [3.05, 3.63) is 28.2 Å². The molecule has 5 heteroatoms. The molecule has 1 amide bonds. The number of halogens is 1. The summed E-state index contributed by atoms with van der Waals surface area (Å²) < 4.78 is 6.37. The number of carbonyl (C=O) groups excluding carboxylic acids is 1. The monoisotopic (exact) mass is 312 g/mol. The van der Waals surface area contributed by atoms with Crippen LogP contribution >= 0.6 is 15.9 Å². The van der Waals surface area contributed by atoms with E-state index in [1.165, 1.54) is 0 Å². The summed E-state index contributed by atoms with van der Waals surface area (Å²) >= 11 is 3.33. The Morgan fingerprint density at radius 3 is 3.06 bits per heavy atom. The second-order valence-corrected chi connectivity index (χ2v) is 5.24. The van der Waals surface area contributed by atoms with Gasteiger partial charge < -0.3 is 15.4 Å². The highest BCUT2D eigenvalue weighted by Crippen LogP contribution is 2.21. The summed E-state index contributed by atoms with van der Waals surface area (Å²) in [6.07, 6.45) is 1.07. The topological polar surface area (TPSA) is 55.6 Å². The molecule has 4 nitrogen and oxygen atoms in total. The van der Waals surface area contributed by atoms with E-state index in [-0.39, 0.29) is 12.0 Å². The van der Waals surface area contributed by atoms with Crippen LogP contribution in [0.25, 0.3) is 0 Å². The van der Waals surface area contributed by atoms with Crippen molar-refractivity contribution in [3.8, 4) is 0 Å². The number of nitrogen functional groups attached to an aromatic ring is 1. The van der Waals surface area contributed by atoms with Crippen LogP contribution in [0.1, 0.15) is 23.7 Å². The van der Waals surface area contributed by atoms with Crippen molar-refractivity contribution in [2.75, 3.05) is 25.4 Å². The van der Waals surface area contributed by atoms with Gasteiger partial charge in [0.2, 0.25) is 0 Å². The van der Waals surface area contributed by atoms with Crippen LogP contribution in [0.2, 0.25) is 0 Å². The molecule has 0 spiro atoms. The van der Waals surface area contributed by atoms with E-state index in [0.29, 0.717) is 30.9 Å². The lowest BCUT2D eigenvalue weighted by atomic mass is 10.1. The number of carbonyl (C=O) groups is 1. The van der Waals surface area contributed by atoms with Gasteiger partial charge in [0.25, 0.3) is 5.91 Å². The lowest BCUT2D eigenvalue weighted by Gasteiger charge is -2.32. The third kappa shape index (κ3) is 2.84. The van der Waals surface area contributed by atoms with Gasteiger partial charge in [-0.15, -0.1) is 0 Å². The fourth-order valence-corrected chi connectivity index (χ4v) is 2.26. The minimum Gasteiger partial charge on any atom is -0.398 e. The summed E-state index contributed by atoms with van der Waals surface area (Å²) in [5.41, 5.74) is 7.02. The van der Waals surface area contributed by atoms with E-state index >= 15 is 0 Å². The number of hydrogen-bond donors (Lipinski definition) is 1. The van der Waals surface area contributed by atoms with E-state index in [9.17, 15) is 4.79 Å². The van der Waals surface area contributed by atoms with Crippen molar-refractivity contribution in [2.45, 2.75) is 19.4 Å². The molecule has 1 aliphatic rings. The maximum absolute atomic E-state index is 12.3. The van der Waals surface area contributed by atoms with Crippen LogP contribution in [0.5, 0.6) is 0 Å². The van der Waals surface area contributed by atoms with Gasteiger partial charge in [0.1, 0.15) is 0 Å². The van der Waals surface area contributed by atoms with E-state index in [4.69, 9.17) is 10.5 Å². The van der Waals surface area contributed by atoms with Crippen LogP contribution in [0, 0.1) is 0 Å². The second-order valence-electron chi connectivity index (χ2n) is 4.39. The number of morpholine rings is 1. The number of benzene rings is 1. The van der Waals surface area contributed by atoms with Gasteiger partial charge in [-0.25, -0.2) is 0 Å². The van der Waals surface area contributed by atoms with Gasteiger partial charge in [-0.05, 0) is 40.5 Å². The zero-order valence-electron chi connectivity index (χ0n) is 10.4. The summed E-state index contributed by atoms with van der Waals surface area (Å²) in [6.45, 7) is 3.98. The molecule has 98 valence electrons. The molecule has 0 radical (unpaired) electrons. The Hall–Kier alpha value is -1.07. The first kappa shape index (κ1) is 13.4. The Morgan fingerprint density at radius 1 is 1.61 bits per heavy atom.